The van der Waals surface area contributed by atoms with Gasteiger partial charge in [-0.3, -0.25) is 0 Å². The van der Waals surface area contributed by atoms with E-state index in [0.29, 0.717) is 0 Å². The van der Waals surface area contributed by atoms with Crippen LogP contribution in [0, 0.1) is 0 Å². The second-order valence-corrected chi connectivity index (χ2v) is 4.65. The van der Waals surface area contributed by atoms with Crippen LogP contribution in [-0.4, -0.2) is 25.0 Å². The molecule has 0 heterocycles. The van der Waals surface area contributed by atoms with Crippen molar-refractivity contribution in [1.29, 1.82) is 0 Å². The lowest BCUT2D eigenvalue weighted by Gasteiger charge is -2.16. The molecule has 0 aliphatic rings. The van der Waals surface area contributed by atoms with Gasteiger partial charge in [-0.1, -0.05) is 30.2 Å². The number of hydrogen-bond acceptors (Lipinski definition) is 2. The molecule has 0 aliphatic carbocycles. The maximum absolute atomic E-state index is 5.94. The summed E-state index contributed by atoms with van der Waals surface area (Å²) in [4.78, 5) is 2.32. The Bertz CT molecular complexity index is 302. The van der Waals surface area contributed by atoms with E-state index in [2.05, 4.69) is 18.0 Å². The number of halogens is 1. The van der Waals surface area contributed by atoms with E-state index in [1.54, 1.807) is 0 Å². The lowest BCUT2D eigenvalue weighted by atomic mass is 10.2. The van der Waals surface area contributed by atoms with E-state index >= 15 is 0 Å². The van der Waals surface area contributed by atoms with Gasteiger partial charge in [0.15, 0.2) is 0 Å². The summed E-state index contributed by atoms with van der Waals surface area (Å²) in [5.74, 6) is 0. The summed E-state index contributed by atoms with van der Waals surface area (Å²) in [5.41, 5.74) is 6.73. The number of nitrogens with two attached hydrogens (primary N) is 1. The molecule has 0 amide bonds. The molecule has 2 nitrogen and oxygen atoms in total. The maximum Gasteiger partial charge on any atom is 0.0409 e. The summed E-state index contributed by atoms with van der Waals surface area (Å²) in [6, 6.07) is 8.05. The Morgan fingerprint density at radius 2 is 2.06 bits per heavy atom. The van der Waals surface area contributed by atoms with Crippen LogP contribution in [0.1, 0.15) is 24.8 Å². The normalized spacial score (nSPS) is 11.0. The number of rotatable bonds is 7. The Morgan fingerprint density at radius 1 is 1.25 bits per heavy atom. The van der Waals surface area contributed by atoms with Crippen LogP contribution in [0.4, 0.5) is 0 Å². The van der Waals surface area contributed by atoms with E-state index < -0.39 is 0 Å². The SMILES string of the molecule is CN(CCCCCN)Cc1cccc(Cl)c1. The number of hydrogen-bond donors (Lipinski definition) is 1. The fourth-order valence-corrected chi connectivity index (χ4v) is 1.94. The molecule has 0 spiro atoms. The minimum atomic E-state index is 0.804. The van der Waals surface area contributed by atoms with Gasteiger partial charge in [0.05, 0.1) is 0 Å². The smallest absolute Gasteiger partial charge is 0.0409 e. The molecule has 0 atom stereocenters. The van der Waals surface area contributed by atoms with E-state index in [1.807, 2.05) is 18.2 Å². The Balaban J connectivity index is 2.25. The van der Waals surface area contributed by atoms with Crippen molar-refractivity contribution in [2.24, 2.45) is 5.73 Å². The van der Waals surface area contributed by atoms with Gasteiger partial charge in [-0.25, -0.2) is 0 Å². The van der Waals surface area contributed by atoms with Crippen molar-refractivity contribution in [3.05, 3.63) is 34.9 Å². The number of benzene rings is 1. The van der Waals surface area contributed by atoms with Crippen LogP contribution in [0.2, 0.25) is 5.02 Å². The van der Waals surface area contributed by atoms with Crippen molar-refractivity contribution in [2.75, 3.05) is 20.1 Å². The Morgan fingerprint density at radius 3 is 2.75 bits per heavy atom. The molecule has 0 bridgehead atoms. The van der Waals surface area contributed by atoms with E-state index in [-0.39, 0.29) is 0 Å². The van der Waals surface area contributed by atoms with Gasteiger partial charge in [0.25, 0.3) is 0 Å². The first-order chi connectivity index (χ1) is 7.72. The fraction of sp³-hybridized carbons (Fsp3) is 0.538. The molecule has 90 valence electrons. The van der Waals surface area contributed by atoms with Gasteiger partial charge in [0.1, 0.15) is 0 Å². The zero-order valence-electron chi connectivity index (χ0n) is 9.95. The van der Waals surface area contributed by atoms with Gasteiger partial charge in [0, 0.05) is 11.6 Å². The first-order valence-electron chi connectivity index (χ1n) is 5.85. The third-order valence-electron chi connectivity index (χ3n) is 2.59. The quantitative estimate of drug-likeness (QED) is 0.743. The highest BCUT2D eigenvalue weighted by atomic mass is 35.5. The predicted octanol–water partition coefficient (Wildman–Crippen LogP) is 2.90. The number of nitrogens with zero attached hydrogens (tertiary/aromatic N) is 1. The van der Waals surface area contributed by atoms with Gasteiger partial charge >= 0.3 is 0 Å². The molecule has 0 unspecified atom stereocenters. The van der Waals surface area contributed by atoms with E-state index in [4.69, 9.17) is 17.3 Å². The van der Waals surface area contributed by atoms with Crippen molar-refractivity contribution < 1.29 is 0 Å². The summed E-state index contributed by atoms with van der Waals surface area (Å²) in [6.07, 6.45) is 3.57. The molecule has 1 rings (SSSR count). The summed E-state index contributed by atoms with van der Waals surface area (Å²) in [7, 11) is 2.14. The number of unbranched alkanes of at least 4 members (excludes halogenated alkanes) is 2. The van der Waals surface area contributed by atoms with E-state index in [9.17, 15) is 0 Å². The summed E-state index contributed by atoms with van der Waals surface area (Å²) in [6.45, 7) is 2.88. The lowest BCUT2D eigenvalue weighted by Crippen LogP contribution is -2.19. The maximum atomic E-state index is 5.94. The van der Waals surface area contributed by atoms with E-state index in [0.717, 1.165) is 31.1 Å². The van der Waals surface area contributed by atoms with Gasteiger partial charge in [0.2, 0.25) is 0 Å². The highest BCUT2D eigenvalue weighted by molar-refractivity contribution is 6.30. The molecule has 0 saturated heterocycles. The molecule has 0 aliphatic heterocycles. The Hall–Kier alpha value is -0.570. The average Bonchev–Trinajstić information content (AvgIpc) is 2.24. The van der Waals surface area contributed by atoms with Crippen molar-refractivity contribution >= 4 is 11.6 Å². The minimum Gasteiger partial charge on any atom is -0.330 e. The predicted molar refractivity (Wildman–Crippen MR) is 70.7 cm³/mol. The van der Waals surface area contributed by atoms with E-state index in [1.165, 1.54) is 18.4 Å². The molecular formula is C13H21ClN2. The van der Waals surface area contributed by atoms with Crippen molar-refractivity contribution in [3.63, 3.8) is 0 Å². The minimum absolute atomic E-state index is 0.804. The molecule has 0 radical (unpaired) electrons. The van der Waals surface area contributed by atoms with Crippen LogP contribution < -0.4 is 5.73 Å². The molecular weight excluding hydrogens is 220 g/mol. The Labute approximate surface area is 103 Å². The zero-order chi connectivity index (χ0) is 11.8. The van der Waals surface area contributed by atoms with Crippen LogP contribution >= 0.6 is 11.6 Å². The van der Waals surface area contributed by atoms with Gasteiger partial charge < -0.3 is 10.6 Å². The van der Waals surface area contributed by atoms with Crippen molar-refractivity contribution in [2.45, 2.75) is 25.8 Å². The van der Waals surface area contributed by atoms with Crippen LogP contribution in [0.3, 0.4) is 0 Å². The summed E-state index contributed by atoms with van der Waals surface area (Å²) >= 11 is 5.94. The molecule has 0 saturated carbocycles. The van der Waals surface area contributed by atoms with Crippen LogP contribution in [-0.2, 0) is 6.54 Å². The molecule has 0 aromatic heterocycles. The third kappa shape index (κ3) is 5.50. The average molecular weight is 241 g/mol. The summed E-state index contributed by atoms with van der Waals surface area (Å²) < 4.78 is 0. The van der Waals surface area contributed by atoms with Crippen molar-refractivity contribution in [1.82, 2.24) is 4.90 Å². The monoisotopic (exact) mass is 240 g/mol. The highest BCUT2D eigenvalue weighted by Gasteiger charge is 2.00. The van der Waals surface area contributed by atoms with Gasteiger partial charge in [-0.05, 0) is 50.7 Å². The standard InChI is InChI=1S/C13H21ClN2/c1-16(9-4-2-3-8-15)11-12-6-5-7-13(14)10-12/h5-7,10H,2-4,8-9,11,15H2,1H3. The molecule has 0 fully saturated rings. The molecule has 1 aromatic rings. The summed E-state index contributed by atoms with van der Waals surface area (Å²) in [5, 5.41) is 0.814. The molecule has 16 heavy (non-hydrogen) atoms. The zero-order valence-corrected chi connectivity index (χ0v) is 10.7. The fourth-order valence-electron chi connectivity index (χ4n) is 1.73. The molecule has 1 aromatic carbocycles. The van der Waals surface area contributed by atoms with Crippen molar-refractivity contribution in [3.8, 4) is 0 Å². The van der Waals surface area contributed by atoms with Crippen LogP contribution in [0.5, 0.6) is 0 Å². The first-order valence-corrected chi connectivity index (χ1v) is 6.23. The van der Waals surface area contributed by atoms with Crippen LogP contribution in [0.15, 0.2) is 24.3 Å². The second-order valence-electron chi connectivity index (χ2n) is 4.22. The molecule has 3 heteroatoms. The topological polar surface area (TPSA) is 29.3 Å². The Kier molecular flexibility index (Phi) is 6.46. The largest absolute Gasteiger partial charge is 0.330 e. The van der Waals surface area contributed by atoms with Crippen LogP contribution in [0.25, 0.3) is 0 Å². The third-order valence-corrected chi connectivity index (χ3v) is 2.82. The van der Waals surface area contributed by atoms with Gasteiger partial charge in [-0.15, -0.1) is 0 Å². The second kappa shape index (κ2) is 7.66. The van der Waals surface area contributed by atoms with Gasteiger partial charge in [-0.2, -0.15) is 0 Å². The molecule has 2 N–H and O–H groups in total. The first kappa shape index (κ1) is 13.5. The lowest BCUT2D eigenvalue weighted by molar-refractivity contribution is 0.317. The highest BCUT2D eigenvalue weighted by Crippen LogP contribution is 2.12.